The Labute approximate surface area is 183 Å². The summed E-state index contributed by atoms with van der Waals surface area (Å²) in [7, 11) is 1.63. The van der Waals surface area contributed by atoms with Crippen molar-refractivity contribution >= 4 is 23.4 Å². The monoisotopic (exact) mass is 439 g/mol. The minimum atomic E-state index is -0.329. The van der Waals surface area contributed by atoms with E-state index in [9.17, 15) is 4.39 Å². The van der Waals surface area contributed by atoms with Crippen LogP contribution in [0, 0.1) is 12.7 Å². The van der Waals surface area contributed by atoms with Crippen molar-refractivity contribution in [3.63, 3.8) is 0 Å². The number of benzene rings is 3. The van der Waals surface area contributed by atoms with E-state index in [1.807, 2.05) is 60.0 Å². The number of thioether (sulfide) groups is 1. The molecule has 0 spiro atoms. The first kappa shape index (κ1) is 20.4. The molecule has 0 aliphatic rings. The quantitative estimate of drug-likeness (QED) is 0.329. The summed E-state index contributed by atoms with van der Waals surface area (Å²) in [6, 6.07) is 20.5. The number of hydrogen-bond donors (Lipinski definition) is 0. The second-order valence-corrected chi connectivity index (χ2v) is 8.05. The summed E-state index contributed by atoms with van der Waals surface area (Å²) in [6.07, 6.45) is 0. The molecule has 0 amide bonds. The van der Waals surface area contributed by atoms with Crippen LogP contribution >= 0.6 is 23.4 Å². The van der Waals surface area contributed by atoms with Gasteiger partial charge in [0.05, 0.1) is 7.11 Å². The zero-order chi connectivity index (χ0) is 21.1. The Morgan fingerprint density at radius 1 is 1.03 bits per heavy atom. The maximum atomic E-state index is 14.2. The zero-order valence-electron chi connectivity index (χ0n) is 16.5. The van der Waals surface area contributed by atoms with Gasteiger partial charge >= 0.3 is 0 Å². The lowest BCUT2D eigenvalue weighted by atomic mass is 10.2. The van der Waals surface area contributed by atoms with E-state index in [1.54, 1.807) is 19.2 Å². The van der Waals surface area contributed by atoms with Gasteiger partial charge in [-0.1, -0.05) is 59.3 Å². The molecule has 0 unspecified atom stereocenters. The number of methoxy groups -OCH3 is 1. The Kier molecular flexibility index (Phi) is 6.06. The fraction of sp³-hybridized carbons (Fsp3) is 0.130. The summed E-state index contributed by atoms with van der Waals surface area (Å²) in [5.74, 6) is 1.43. The van der Waals surface area contributed by atoms with E-state index in [4.69, 9.17) is 16.3 Å². The molecular weight excluding hydrogens is 421 g/mol. The van der Waals surface area contributed by atoms with Gasteiger partial charge in [-0.3, -0.25) is 4.57 Å². The minimum absolute atomic E-state index is 0.329. The maximum Gasteiger partial charge on any atom is 0.196 e. The molecule has 0 aliphatic carbocycles. The van der Waals surface area contributed by atoms with E-state index in [-0.39, 0.29) is 5.82 Å². The van der Waals surface area contributed by atoms with Crippen molar-refractivity contribution in [2.75, 3.05) is 7.11 Å². The van der Waals surface area contributed by atoms with Crippen molar-refractivity contribution in [3.05, 3.63) is 88.7 Å². The van der Waals surface area contributed by atoms with Crippen LogP contribution in [0.2, 0.25) is 5.02 Å². The molecule has 0 atom stereocenters. The molecule has 0 aliphatic heterocycles. The first-order valence-corrected chi connectivity index (χ1v) is 10.7. The molecule has 3 aromatic carbocycles. The van der Waals surface area contributed by atoms with Crippen molar-refractivity contribution in [1.29, 1.82) is 0 Å². The average Bonchev–Trinajstić information content (AvgIpc) is 3.18. The number of aromatic nitrogens is 3. The van der Waals surface area contributed by atoms with Crippen molar-refractivity contribution < 1.29 is 9.13 Å². The van der Waals surface area contributed by atoms with Gasteiger partial charge < -0.3 is 4.74 Å². The molecule has 30 heavy (non-hydrogen) atoms. The van der Waals surface area contributed by atoms with Crippen LogP contribution in [0.5, 0.6) is 5.75 Å². The number of halogens is 2. The molecule has 0 saturated heterocycles. The molecule has 0 saturated carbocycles. The van der Waals surface area contributed by atoms with Crippen LogP contribution in [-0.2, 0) is 5.75 Å². The Morgan fingerprint density at radius 3 is 2.53 bits per heavy atom. The smallest absolute Gasteiger partial charge is 0.196 e. The number of rotatable bonds is 6. The van der Waals surface area contributed by atoms with Gasteiger partial charge in [0.25, 0.3) is 0 Å². The lowest BCUT2D eigenvalue weighted by molar-refractivity contribution is 0.415. The summed E-state index contributed by atoms with van der Waals surface area (Å²) in [6.45, 7) is 2.04. The fourth-order valence-corrected chi connectivity index (χ4v) is 4.34. The highest BCUT2D eigenvalue weighted by Gasteiger charge is 2.18. The van der Waals surface area contributed by atoms with Crippen LogP contribution in [0.4, 0.5) is 4.39 Å². The van der Waals surface area contributed by atoms with Crippen LogP contribution in [0.15, 0.2) is 71.9 Å². The highest BCUT2D eigenvalue weighted by atomic mass is 35.5. The third-order valence-electron chi connectivity index (χ3n) is 4.66. The van der Waals surface area contributed by atoms with Crippen molar-refractivity contribution in [2.45, 2.75) is 17.8 Å². The molecule has 7 heteroatoms. The van der Waals surface area contributed by atoms with E-state index < -0.39 is 0 Å². The number of aryl methyl sites for hydroxylation is 1. The van der Waals surface area contributed by atoms with E-state index >= 15 is 0 Å². The molecule has 1 aromatic heterocycles. The van der Waals surface area contributed by atoms with Crippen LogP contribution in [-0.4, -0.2) is 21.9 Å². The third kappa shape index (κ3) is 4.20. The average molecular weight is 440 g/mol. The summed E-state index contributed by atoms with van der Waals surface area (Å²) >= 11 is 7.58. The van der Waals surface area contributed by atoms with Crippen molar-refractivity contribution in [2.24, 2.45) is 0 Å². The topological polar surface area (TPSA) is 39.9 Å². The Bertz CT molecular complexity index is 1160. The lowest BCUT2D eigenvalue weighted by Crippen LogP contribution is -2.00. The Balaban J connectivity index is 1.77. The molecule has 4 nitrogen and oxygen atoms in total. The van der Waals surface area contributed by atoms with Gasteiger partial charge in [0.2, 0.25) is 0 Å². The molecule has 0 fully saturated rings. The first-order chi connectivity index (χ1) is 14.6. The van der Waals surface area contributed by atoms with Gasteiger partial charge in [-0.25, -0.2) is 4.39 Å². The van der Waals surface area contributed by atoms with Gasteiger partial charge in [-0.15, -0.1) is 10.2 Å². The predicted octanol–water partition coefficient (Wildman–Crippen LogP) is 6.34. The molecule has 152 valence electrons. The van der Waals surface area contributed by atoms with Crippen molar-refractivity contribution in [3.8, 4) is 22.8 Å². The van der Waals surface area contributed by atoms with E-state index in [2.05, 4.69) is 10.2 Å². The molecule has 4 aromatic rings. The second-order valence-electron chi connectivity index (χ2n) is 6.70. The van der Waals surface area contributed by atoms with Crippen molar-refractivity contribution in [1.82, 2.24) is 14.8 Å². The van der Waals surface area contributed by atoms with Crippen LogP contribution < -0.4 is 4.74 Å². The normalized spacial score (nSPS) is 10.9. The maximum absolute atomic E-state index is 14.2. The summed E-state index contributed by atoms with van der Waals surface area (Å²) in [5.41, 5.74) is 3.40. The fourth-order valence-electron chi connectivity index (χ4n) is 3.05. The van der Waals surface area contributed by atoms with Gasteiger partial charge in [0.15, 0.2) is 11.0 Å². The lowest BCUT2D eigenvalue weighted by Gasteiger charge is -2.12. The van der Waals surface area contributed by atoms with E-state index in [1.165, 1.54) is 17.8 Å². The largest absolute Gasteiger partial charge is 0.497 e. The zero-order valence-corrected chi connectivity index (χ0v) is 18.0. The van der Waals surface area contributed by atoms with Gasteiger partial charge in [-0.05, 0) is 43.3 Å². The number of hydrogen-bond acceptors (Lipinski definition) is 4. The molecule has 0 bridgehead atoms. The Hall–Kier alpha value is -2.83. The molecular formula is C23H19ClFN3OS. The summed E-state index contributed by atoms with van der Waals surface area (Å²) in [5, 5.41) is 9.87. The molecule has 1 heterocycles. The van der Waals surface area contributed by atoms with Crippen LogP contribution in [0.3, 0.4) is 0 Å². The van der Waals surface area contributed by atoms with E-state index in [0.29, 0.717) is 27.3 Å². The molecule has 4 rings (SSSR count). The summed E-state index contributed by atoms with van der Waals surface area (Å²) < 4.78 is 21.5. The van der Waals surface area contributed by atoms with Gasteiger partial charge in [-0.2, -0.15) is 0 Å². The summed E-state index contributed by atoms with van der Waals surface area (Å²) in [4.78, 5) is 0. The Morgan fingerprint density at radius 2 is 1.80 bits per heavy atom. The molecule has 0 N–H and O–H groups in total. The van der Waals surface area contributed by atoms with Crippen LogP contribution in [0.25, 0.3) is 17.1 Å². The SMILES string of the molecule is COc1cccc(-c2nnc(SCc3c(F)cccc3Cl)n2-c2ccc(C)cc2)c1. The number of ether oxygens (including phenoxy) is 1. The third-order valence-corrected chi connectivity index (χ3v) is 5.97. The van der Waals surface area contributed by atoms with E-state index in [0.717, 1.165) is 22.6 Å². The minimum Gasteiger partial charge on any atom is -0.497 e. The predicted molar refractivity (Wildman–Crippen MR) is 119 cm³/mol. The standard InChI is InChI=1S/C23H19ClFN3OS/c1-15-9-11-17(12-10-15)28-22(16-5-3-6-18(13-16)29-2)26-27-23(28)30-14-19-20(24)7-4-8-21(19)25/h3-13H,14H2,1-2H3. The highest BCUT2D eigenvalue weighted by molar-refractivity contribution is 7.98. The molecule has 0 radical (unpaired) electrons. The van der Waals surface area contributed by atoms with Crippen LogP contribution in [0.1, 0.15) is 11.1 Å². The highest BCUT2D eigenvalue weighted by Crippen LogP contribution is 2.33. The van der Waals surface area contributed by atoms with Gasteiger partial charge in [0.1, 0.15) is 11.6 Å². The van der Waals surface area contributed by atoms with Gasteiger partial charge in [0, 0.05) is 27.6 Å². The first-order valence-electron chi connectivity index (χ1n) is 9.29. The number of nitrogens with zero attached hydrogens (tertiary/aromatic N) is 3. The second kappa shape index (κ2) is 8.90.